The van der Waals surface area contributed by atoms with Crippen molar-refractivity contribution in [3.8, 4) is 0 Å². The lowest BCUT2D eigenvalue weighted by Gasteiger charge is -2.18. The molecular weight excluding hydrogens is 345 g/mol. The molecule has 1 atom stereocenters. The van der Waals surface area contributed by atoms with Crippen LogP contribution in [-0.2, 0) is 0 Å². The molecule has 0 spiro atoms. The van der Waals surface area contributed by atoms with Gasteiger partial charge in [-0.15, -0.1) is 24.8 Å². The molecule has 1 aliphatic rings. The summed E-state index contributed by atoms with van der Waals surface area (Å²) in [6.07, 6.45) is 1.10. The molecule has 2 aromatic carbocycles. The van der Waals surface area contributed by atoms with Crippen LogP contribution in [-0.4, -0.2) is 25.5 Å². The van der Waals surface area contributed by atoms with E-state index in [4.69, 9.17) is 5.73 Å². The molecule has 1 heterocycles. The Kier molecular flexibility index (Phi) is 7.89. The van der Waals surface area contributed by atoms with Crippen molar-refractivity contribution in [2.75, 3.05) is 30.3 Å². The monoisotopic (exact) mass is 367 g/mol. The molecule has 3 rings (SSSR count). The fourth-order valence-corrected chi connectivity index (χ4v) is 2.91. The smallest absolute Gasteiger partial charge is 0.253 e. The van der Waals surface area contributed by atoms with Gasteiger partial charge in [0.05, 0.1) is 5.56 Å². The van der Waals surface area contributed by atoms with Crippen LogP contribution < -0.4 is 16.0 Å². The van der Waals surface area contributed by atoms with Gasteiger partial charge in [0, 0.05) is 31.0 Å². The number of halogens is 2. The minimum atomic E-state index is -0.0868. The number of hydrogen-bond donors (Lipinski definition) is 2. The van der Waals surface area contributed by atoms with Crippen LogP contribution in [0.1, 0.15) is 16.8 Å². The maximum Gasteiger partial charge on any atom is 0.253 e. The highest BCUT2D eigenvalue weighted by Crippen LogP contribution is 2.23. The Morgan fingerprint density at radius 2 is 1.75 bits per heavy atom. The van der Waals surface area contributed by atoms with E-state index in [1.807, 2.05) is 18.2 Å². The third-order valence-electron chi connectivity index (χ3n) is 4.16. The molecular formula is C18H23Cl2N3O. The molecule has 0 saturated carbocycles. The minimum Gasteiger partial charge on any atom is -0.398 e. The van der Waals surface area contributed by atoms with Crippen molar-refractivity contribution in [3.05, 3.63) is 60.2 Å². The molecule has 4 nitrogen and oxygen atoms in total. The van der Waals surface area contributed by atoms with E-state index in [1.165, 1.54) is 5.69 Å². The summed E-state index contributed by atoms with van der Waals surface area (Å²) in [6.45, 7) is 2.71. The van der Waals surface area contributed by atoms with Gasteiger partial charge < -0.3 is 16.0 Å². The zero-order chi connectivity index (χ0) is 15.4. The summed E-state index contributed by atoms with van der Waals surface area (Å²) in [5.74, 6) is 0.394. The summed E-state index contributed by atoms with van der Waals surface area (Å²) < 4.78 is 0. The van der Waals surface area contributed by atoms with E-state index in [2.05, 4.69) is 34.5 Å². The summed E-state index contributed by atoms with van der Waals surface area (Å²) in [4.78, 5) is 14.5. The molecule has 1 aliphatic heterocycles. The van der Waals surface area contributed by atoms with Crippen molar-refractivity contribution in [1.29, 1.82) is 0 Å². The molecule has 1 saturated heterocycles. The van der Waals surface area contributed by atoms with E-state index >= 15 is 0 Å². The second kappa shape index (κ2) is 9.40. The summed E-state index contributed by atoms with van der Waals surface area (Å²) in [6, 6.07) is 17.6. The number of benzene rings is 2. The third kappa shape index (κ3) is 4.79. The van der Waals surface area contributed by atoms with Crippen LogP contribution in [0.4, 0.5) is 11.4 Å². The van der Waals surface area contributed by atoms with Crippen LogP contribution in [0.3, 0.4) is 0 Å². The SMILES string of the molecule is Cl.Cl.Nc1ccccc1C(=O)NCC1CCN(c2ccccc2)C1. The Bertz CT molecular complexity index is 652. The summed E-state index contributed by atoms with van der Waals surface area (Å²) in [5, 5.41) is 3.01. The largest absolute Gasteiger partial charge is 0.398 e. The minimum absolute atomic E-state index is 0. The molecule has 1 fully saturated rings. The van der Waals surface area contributed by atoms with E-state index in [0.717, 1.165) is 19.5 Å². The number of nitrogens with one attached hydrogen (secondary N) is 1. The molecule has 0 bridgehead atoms. The van der Waals surface area contributed by atoms with Crippen LogP contribution in [0.2, 0.25) is 0 Å². The Labute approximate surface area is 155 Å². The molecule has 1 unspecified atom stereocenters. The Morgan fingerprint density at radius 1 is 1.08 bits per heavy atom. The first-order chi connectivity index (χ1) is 10.7. The standard InChI is InChI=1S/C18H21N3O.2ClH/c19-17-9-5-4-8-16(17)18(22)20-12-14-10-11-21(13-14)15-6-2-1-3-7-15;;/h1-9,14H,10-13,19H2,(H,20,22);2*1H. The number of nitrogens with two attached hydrogens (primary N) is 1. The number of carbonyl (C=O) groups is 1. The summed E-state index contributed by atoms with van der Waals surface area (Å²) in [5.41, 5.74) is 8.17. The summed E-state index contributed by atoms with van der Waals surface area (Å²) in [7, 11) is 0. The Morgan fingerprint density at radius 3 is 2.46 bits per heavy atom. The van der Waals surface area contributed by atoms with Crippen molar-refractivity contribution < 1.29 is 4.79 Å². The average Bonchev–Trinajstić information content (AvgIpc) is 3.03. The van der Waals surface area contributed by atoms with Gasteiger partial charge in [-0.3, -0.25) is 4.79 Å². The zero-order valence-electron chi connectivity index (χ0n) is 13.4. The van der Waals surface area contributed by atoms with Gasteiger partial charge in [-0.1, -0.05) is 30.3 Å². The molecule has 3 N–H and O–H groups in total. The highest BCUT2D eigenvalue weighted by atomic mass is 35.5. The van der Waals surface area contributed by atoms with Crippen molar-refractivity contribution in [2.45, 2.75) is 6.42 Å². The third-order valence-corrected chi connectivity index (χ3v) is 4.16. The second-order valence-corrected chi connectivity index (χ2v) is 5.73. The van der Waals surface area contributed by atoms with Gasteiger partial charge in [0.2, 0.25) is 0 Å². The topological polar surface area (TPSA) is 58.4 Å². The van der Waals surface area contributed by atoms with Gasteiger partial charge in [-0.2, -0.15) is 0 Å². The Hall–Kier alpha value is -1.91. The first-order valence-corrected chi connectivity index (χ1v) is 7.67. The predicted molar refractivity (Wildman–Crippen MR) is 104 cm³/mol. The van der Waals surface area contributed by atoms with Crippen LogP contribution in [0.25, 0.3) is 0 Å². The van der Waals surface area contributed by atoms with Crippen molar-refractivity contribution >= 4 is 42.1 Å². The number of para-hydroxylation sites is 2. The van der Waals surface area contributed by atoms with Crippen LogP contribution in [0.15, 0.2) is 54.6 Å². The highest BCUT2D eigenvalue weighted by molar-refractivity contribution is 5.99. The Balaban J connectivity index is 0.00000144. The lowest BCUT2D eigenvalue weighted by molar-refractivity contribution is 0.0949. The van der Waals surface area contributed by atoms with Gasteiger partial charge in [-0.05, 0) is 36.6 Å². The normalized spacial score (nSPS) is 16.0. The molecule has 0 aliphatic carbocycles. The van der Waals surface area contributed by atoms with E-state index in [9.17, 15) is 4.79 Å². The molecule has 6 heteroatoms. The van der Waals surface area contributed by atoms with E-state index < -0.39 is 0 Å². The maximum atomic E-state index is 12.2. The molecule has 1 amide bonds. The number of nitrogen functional groups attached to an aromatic ring is 1. The number of hydrogen-bond acceptors (Lipinski definition) is 3. The number of carbonyl (C=O) groups excluding carboxylic acids is 1. The first-order valence-electron chi connectivity index (χ1n) is 7.67. The first kappa shape index (κ1) is 20.1. The lowest BCUT2D eigenvalue weighted by Crippen LogP contribution is -2.31. The summed E-state index contributed by atoms with van der Waals surface area (Å²) >= 11 is 0. The molecule has 130 valence electrons. The van der Waals surface area contributed by atoms with E-state index in [0.29, 0.717) is 23.7 Å². The van der Waals surface area contributed by atoms with E-state index in [-0.39, 0.29) is 30.7 Å². The zero-order valence-corrected chi connectivity index (χ0v) is 15.0. The lowest BCUT2D eigenvalue weighted by atomic mass is 10.1. The molecule has 0 aromatic heterocycles. The van der Waals surface area contributed by atoms with Gasteiger partial charge in [0.25, 0.3) is 5.91 Å². The number of nitrogens with zero attached hydrogens (tertiary/aromatic N) is 1. The van der Waals surface area contributed by atoms with Gasteiger partial charge >= 0.3 is 0 Å². The van der Waals surface area contributed by atoms with Crippen molar-refractivity contribution in [3.63, 3.8) is 0 Å². The fraction of sp³-hybridized carbons (Fsp3) is 0.278. The number of rotatable bonds is 4. The number of amides is 1. The van der Waals surface area contributed by atoms with Crippen LogP contribution in [0.5, 0.6) is 0 Å². The van der Waals surface area contributed by atoms with E-state index in [1.54, 1.807) is 12.1 Å². The second-order valence-electron chi connectivity index (χ2n) is 5.73. The van der Waals surface area contributed by atoms with Crippen LogP contribution in [0, 0.1) is 5.92 Å². The molecule has 2 aromatic rings. The van der Waals surface area contributed by atoms with Gasteiger partial charge in [0.1, 0.15) is 0 Å². The number of anilines is 2. The van der Waals surface area contributed by atoms with Gasteiger partial charge in [-0.25, -0.2) is 0 Å². The maximum absolute atomic E-state index is 12.2. The average molecular weight is 368 g/mol. The highest BCUT2D eigenvalue weighted by Gasteiger charge is 2.23. The fourth-order valence-electron chi connectivity index (χ4n) is 2.91. The molecule has 24 heavy (non-hydrogen) atoms. The quantitative estimate of drug-likeness (QED) is 0.814. The predicted octanol–water partition coefficient (Wildman–Crippen LogP) is 3.37. The molecule has 0 radical (unpaired) electrons. The van der Waals surface area contributed by atoms with Crippen LogP contribution >= 0.6 is 24.8 Å². The van der Waals surface area contributed by atoms with Crippen molar-refractivity contribution in [2.24, 2.45) is 5.92 Å². The van der Waals surface area contributed by atoms with Gasteiger partial charge in [0.15, 0.2) is 0 Å². The van der Waals surface area contributed by atoms with Crippen molar-refractivity contribution in [1.82, 2.24) is 5.32 Å².